The lowest BCUT2D eigenvalue weighted by atomic mass is 10.0. The monoisotopic (exact) mass is 247 g/mol. The molecule has 0 saturated carbocycles. The molecule has 0 amide bonds. The van der Waals surface area contributed by atoms with Gasteiger partial charge in [0.15, 0.2) is 0 Å². The maximum Gasteiger partial charge on any atom is 0.433 e. The first kappa shape index (κ1) is 12.3. The second kappa shape index (κ2) is 5.01. The molecular weight excluding hydrogens is 234 g/mol. The molecule has 0 radical (unpaired) electrons. The third-order valence-electron chi connectivity index (χ3n) is 2.80. The summed E-state index contributed by atoms with van der Waals surface area (Å²) >= 11 is 0. The van der Waals surface area contributed by atoms with Crippen LogP contribution in [-0.4, -0.2) is 10.0 Å². The summed E-state index contributed by atoms with van der Waals surface area (Å²) in [5.41, 5.74) is 2.06. The molecule has 5 heteroatoms. The van der Waals surface area contributed by atoms with E-state index in [4.69, 9.17) is 4.42 Å². The van der Waals surface area contributed by atoms with Crippen molar-refractivity contribution in [3.8, 4) is 0 Å². The molecular formula is C13H13NO4. The number of rotatable bonds is 4. The van der Waals surface area contributed by atoms with Crippen molar-refractivity contribution in [3.05, 3.63) is 63.4 Å². The fourth-order valence-corrected chi connectivity index (χ4v) is 1.77. The molecule has 1 unspecified atom stereocenters. The molecule has 18 heavy (non-hydrogen) atoms. The van der Waals surface area contributed by atoms with Crippen molar-refractivity contribution in [1.29, 1.82) is 0 Å². The Labute approximate surface area is 104 Å². The minimum atomic E-state index is -0.875. The number of aliphatic hydroxyl groups excluding tert-OH is 1. The average Bonchev–Trinajstić information content (AvgIpc) is 2.81. The predicted molar refractivity (Wildman–Crippen MR) is 65.2 cm³/mol. The van der Waals surface area contributed by atoms with E-state index in [1.165, 1.54) is 12.1 Å². The van der Waals surface area contributed by atoms with Gasteiger partial charge in [0, 0.05) is 6.42 Å². The van der Waals surface area contributed by atoms with Gasteiger partial charge >= 0.3 is 5.88 Å². The highest BCUT2D eigenvalue weighted by Gasteiger charge is 2.18. The van der Waals surface area contributed by atoms with Gasteiger partial charge in [0.1, 0.15) is 16.8 Å². The van der Waals surface area contributed by atoms with Gasteiger partial charge in [0.05, 0.1) is 6.07 Å². The molecule has 1 atom stereocenters. The predicted octanol–water partition coefficient (Wildman–Crippen LogP) is 2.77. The van der Waals surface area contributed by atoms with E-state index >= 15 is 0 Å². The van der Waals surface area contributed by atoms with Crippen molar-refractivity contribution in [2.75, 3.05) is 0 Å². The molecule has 0 aliphatic rings. The van der Waals surface area contributed by atoms with Crippen molar-refractivity contribution in [3.63, 3.8) is 0 Å². The zero-order chi connectivity index (χ0) is 13.1. The van der Waals surface area contributed by atoms with Gasteiger partial charge in [-0.05, 0) is 24.1 Å². The van der Waals surface area contributed by atoms with Gasteiger partial charge in [0.25, 0.3) is 0 Å². The fraction of sp³-hybridized carbons (Fsp3) is 0.231. The third-order valence-corrected chi connectivity index (χ3v) is 2.80. The van der Waals surface area contributed by atoms with E-state index in [0.29, 0.717) is 6.42 Å². The number of furan rings is 1. The standard InChI is InChI=1S/C13H13NO4/c1-9-4-2-3-5-10(9)8-11(15)12-6-7-13(18-12)14(16)17/h2-7,11,15H,8H2,1H3. The summed E-state index contributed by atoms with van der Waals surface area (Å²) in [6.07, 6.45) is -0.503. The van der Waals surface area contributed by atoms with Crippen molar-refractivity contribution in [2.24, 2.45) is 0 Å². The quantitative estimate of drug-likeness (QED) is 0.665. The van der Waals surface area contributed by atoms with Crippen molar-refractivity contribution < 1.29 is 14.4 Å². The van der Waals surface area contributed by atoms with Crippen LogP contribution >= 0.6 is 0 Å². The highest BCUT2D eigenvalue weighted by Crippen LogP contribution is 2.25. The molecule has 1 aromatic heterocycles. The summed E-state index contributed by atoms with van der Waals surface area (Å²) < 4.78 is 4.97. The largest absolute Gasteiger partial charge is 0.433 e. The summed E-state index contributed by atoms with van der Waals surface area (Å²) in [5, 5.41) is 20.5. The van der Waals surface area contributed by atoms with Gasteiger partial charge in [-0.2, -0.15) is 0 Å². The molecule has 2 rings (SSSR count). The minimum absolute atomic E-state index is 0.213. The topological polar surface area (TPSA) is 76.5 Å². The molecule has 2 aromatic rings. The summed E-state index contributed by atoms with van der Waals surface area (Å²) in [6.45, 7) is 1.95. The van der Waals surface area contributed by atoms with Crippen LogP contribution < -0.4 is 0 Å². The van der Waals surface area contributed by atoms with Crippen LogP contribution in [-0.2, 0) is 6.42 Å². The number of nitro groups is 1. The van der Waals surface area contributed by atoms with Crippen LogP contribution in [0.1, 0.15) is 23.0 Å². The molecule has 0 spiro atoms. The first-order valence-corrected chi connectivity index (χ1v) is 5.54. The van der Waals surface area contributed by atoms with Crippen molar-refractivity contribution in [1.82, 2.24) is 0 Å². The Morgan fingerprint density at radius 3 is 2.67 bits per heavy atom. The van der Waals surface area contributed by atoms with E-state index in [2.05, 4.69) is 0 Å². The molecule has 0 aliphatic carbocycles. The van der Waals surface area contributed by atoms with E-state index in [9.17, 15) is 15.2 Å². The lowest BCUT2D eigenvalue weighted by Crippen LogP contribution is -2.01. The van der Waals surface area contributed by atoms with Crippen LogP contribution in [0.25, 0.3) is 0 Å². The van der Waals surface area contributed by atoms with Crippen molar-refractivity contribution in [2.45, 2.75) is 19.4 Å². The molecule has 0 fully saturated rings. The third kappa shape index (κ3) is 2.57. The maximum absolute atomic E-state index is 10.5. The number of nitrogens with zero attached hydrogens (tertiary/aromatic N) is 1. The Morgan fingerprint density at radius 1 is 1.33 bits per heavy atom. The molecule has 0 saturated heterocycles. The van der Waals surface area contributed by atoms with Gasteiger partial charge in [-0.25, -0.2) is 0 Å². The van der Waals surface area contributed by atoms with Gasteiger partial charge in [-0.1, -0.05) is 24.3 Å². The molecule has 94 valence electrons. The van der Waals surface area contributed by atoms with Crippen LogP contribution in [0.3, 0.4) is 0 Å². The summed E-state index contributed by atoms with van der Waals surface area (Å²) in [5.74, 6) is -0.140. The average molecular weight is 247 g/mol. The number of aliphatic hydroxyl groups is 1. The maximum atomic E-state index is 10.5. The number of aryl methyl sites for hydroxylation is 1. The lowest BCUT2D eigenvalue weighted by molar-refractivity contribution is -0.402. The second-order valence-electron chi connectivity index (χ2n) is 4.08. The van der Waals surface area contributed by atoms with Gasteiger partial charge in [-0.15, -0.1) is 0 Å². The van der Waals surface area contributed by atoms with Gasteiger partial charge in [0.2, 0.25) is 0 Å². The fourth-order valence-electron chi connectivity index (χ4n) is 1.77. The van der Waals surface area contributed by atoms with Crippen LogP contribution in [0, 0.1) is 17.0 Å². The number of hydrogen-bond donors (Lipinski definition) is 1. The Morgan fingerprint density at radius 2 is 2.06 bits per heavy atom. The first-order valence-electron chi connectivity index (χ1n) is 5.54. The van der Waals surface area contributed by atoms with Crippen LogP contribution in [0.5, 0.6) is 0 Å². The Kier molecular flexibility index (Phi) is 3.43. The summed E-state index contributed by atoms with van der Waals surface area (Å²) in [7, 11) is 0. The Balaban J connectivity index is 2.14. The smallest absolute Gasteiger partial charge is 0.403 e. The minimum Gasteiger partial charge on any atom is -0.403 e. The Hall–Kier alpha value is -2.14. The molecule has 1 heterocycles. The van der Waals surface area contributed by atoms with E-state index in [0.717, 1.165) is 11.1 Å². The molecule has 5 nitrogen and oxygen atoms in total. The number of benzene rings is 1. The van der Waals surface area contributed by atoms with Crippen LogP contribution in [0.4, 0.5) is 5.88 Å². The first-order chi connectivity index (χ1) is 8.58. The van der Waals surface area contributed by atoms with Gasteiger partial charge in [-0.3, -0.25) is 10.1 Å². The zero-order valence-corrected chi connectivity index (χ0v) is 9.87. The SMILES string of the molecule is Cc1ccccc1CC(O)c1ccc([N+](=O)[O-])o1. The molecule has 0 aliphatic heterocycles. The molecule has 1 N–H and O–H groups in total. The normalized spacial score (nSPS) is 12.3. The summed E-state index contributed by atoms with van der Waals surface area (Å²) in [6, 6.07) is 10.3. The van der Waals surface area contributed by atoms with E-state index in [1.54, 1.807) is 0 Å². The van der Waals surface area contributed by atoms with E-state index in [1.807, 2.05) is 31.2 Å². The van der Waals surface area contributed by atoms with Crippen LogP contribution in [0.2, 0.25) is 0 Å². The lowest BCUT2D eigenvalue weighted by Gasteiger charge is -2.09. The zero-order valence-electron chi connectivity index (χ0n) is 9.87. The summed E-state index contributed by atoms with van der Waals surface area (Å²) in [4.78, 5) is 9.86. The van der Waals surface area contributed by atoms with E-state index < -0.39 is 11.0 Å². The molecule has 0 bridgehead atoms. The van der Waals surface area contributed by atoms with Gasteiger partial charge < -0.3 is 9.52 Å². The highest BCUT2D eigenvalue weighted by atomic mass is 16.6. The van der Waals surface area contributed by atoms with E-state index in [-0.39, 0.29) is 11.6 Å². The highest BCUT2D eigenvalue weighted by molar-refractivity contribution is 5.27. The molecule has 1 aromatic carbocycles. The van der Waals surface area contributed by atoms with Crippen LogP contribution in [0.15, 0.2) is 40.8 Å². The Bertz CT molecular complexity index is 562. The second-order valence-corrected chi connectivity index (χ2v) is 4.08. The number of hydrogen-bond acceptors (Lipinski definition) is 4. The van der Waals surface area contributed by atoms with Crippen molar-refractivity contribution >= 4 is 5.88 Å².